The second-order valence-corrected chi connectivity index (χ2v) is 5.43. The molecule has 0 aliphatic carbocycles. The fraction of sp³-hybridized carbons (Fsp3) is 0.267. The zero-order valence-corrected chi connectivity index (χ0v) is 12.8. The highest BCUT2D eigenvalue weighted by Crippen LogP contribution is 2.20. The molecule has 1 aromatic carbocycles. The largest absolute Gasteiger partial charge is 0.466 e. The maximum atomic E-state index is 12.3. The molecule has 0 bridgehead atoms. The first kappa shape index (κ1) is 13.9. The highest BCUT2D eigenvalue weighted by molar-refractivity contribution is 9.10. The van der Waals surface area contributed by atoms with E-state index in [9.17, 15) is 4.79 Å². The quantitative estimate of drug-likeness (QED) is 0.858. The van der Waals surface area contributed by atoms with E-state index in [1.165, 1.54) is 0 Å². The number of furan rings is 1. The molecule has 4 heteroatoms. The van der Waals surface area contributed by atoms with Crippen LogP contribution in [0.25, 0.3) is 0 Å². The van der Waals surface area contributed by atoms with Crippen LogP contribution in [0.4, 0.5) is 0 Å². The first-order valence-electron chi connectivity index (χ1n) is 6.05. The van der Waals surface area contributed by atoms with Gasteiger partial charge in [-0.3, -0.25) is 4.79 Å². The lowest BCUT2D eigenvalue weighted by molar-refractivity contribution is 0.0783. The third-order valence-corrected chi connectivity index (χ3v) is 3.76. The standard InChI is InChI=1S/C15H16BrNO2/c1-10-8-13(11(2)19-10)15(18)17(3)9-12-6-4-5-7-14(12)16/h4-8H,9H2,1-3H3. The Balaban J connectivity index is 2.16. The van der Waals surface area contributed by atoms with E-state index >= 15 is 0 Å². The minimum absolute atomic E-state index is 0.0231. The SMILES string of the molecule is Cc1cc(C(=O)N(C)Cc2ccccc2Br)c(C)o1. The Bertz CT molecular complexity index is 604. The second kappa shape index (κ2) is 5.61. The molecule has 3 nitrogen and oxygen atoms in total. The molecule has 0 saturated heterocycles. The summed E-state index contributed by atoms with van der Waals surface area (Å²) in [5, 5.41) is 0. The zero-order valence-electron chi connectivity index (χ0n) is 11.2. The zero-order chi connectivity index (χ0) is 14.0. The average molecular weight is 322 g/mol. The van der Waals surface area contributed by atoms with E-state index in [2.05, 4.69) is 15.9 Å². The maximum absolute atomic E-state index is 12.3. The number of rotatable bonds is 3. The number of carbonyl (C=O) groups is 1. The van der Waals surface area contributed by atoms with E-state index in [1.807, 2.05) is 38.1 Å². The number of nitrogens with zero attached hydrogens (tertiary/aromatic N) is 1. The van der Waals surface area contributed by atoms with Gasteiger partial charge in [-0.1, -0.05) is 34.1 Å². The Morgan fingerprint density at radius 2 is 2.00 bits per heavy atom. The molecular weight excluding hydrogens is 306 g/mol. The van der Waals surface area contributed by atoms with Crippen LogP contribution in [0.2, 0.25) is 0 Å². The van der Waals surface area contributed by atoms with E-state index < -0.39 is 0 Å². The van der Waals surface area contributed by atoms with Crippen LogP contribution in [-0.4, -0.2) is 17.9 Å². The van der Waals surface area contributed by atoms with Crippen LogP contribution >= 0.6 is 15.9 Å². The summed E-state index contributed by atoms with van der Waals surface area (Å²) in [5.41, 5.74) is 1.71. The van der Waals surface area contributed by atoms with Gasteiger partial charge in [0.2, 0.25) is 0 Å². The predicted octanol–water partition coefficient (Wildman–Crippen LogP) is 3.93. The summed E-state index contributed by atoms with van der Waals surface area (Å²) in [5.74, 6) is 1.40. The lowest BCUT2D eigenvalue weighted by atomic mass is 10.2. The summed E-state index contributed by atoms with van der Waals surface area (Å²) in [6, 6.07) is 9.68. The molecule has 1 aromatic heterocycles. The molecule has 1 heterocycles. The van der Waals surface area contributed by atoms with Crippen molar-refractivity contribution in [1.82, 2.24) is 4.90 Å². The number of halogens is 1. The van der Waals surface area contributed by atoms with Gasteiger partial charge in [0.25, 0.3) is 5.91 Å². The molecule has 0 N–H and O–H groups in total. The van der Waals surface area contributed by atoms with Crippen LogP contribution in [0.15, 0.2) is 39.2 Å². The molecule has 2 rings (SSSR count). The van der Waals surface area contributed by atoms with E-state index in [4.69, 9.17) is 4.42 Å². The van der Waals surface area contributed by atoms with Crippen molar-refractivity contribution in [3.05, 3.63) is 57.5 Å². The van der Waals surface area contributed by atoms with Crippen molar-refractivity contribution in [2.24, 2.45) is 0 Å². The smallest absolute Gasteiger partial charge is 0.257 e. The molecule has 2 aromatic rings. The molecule has 1 amide bonds. The monoisotopic (exact) mass is 321 g/mol. The van der Waals surface area contributed by atoms with Crippen LogP contribution in [0, 0.1) is 13.8 Å². The number of carbonyl (C=O) groups excluding carboxylic acids is 1. The van der Waals surface area contributed by atoms with E-state index in [0.29, 0.717) is 17.9 Å². The maximum Gasteiger partial charge on any atom is 0.257 e. The predicted molar refractivity (Wildman–Crippen MR) is 78.1 cm³/mol. The van der Waals surface area contributed by atoms with Crippen molar-refractivity contribution < 1.29 is 9.21 Å². The molecule has 0 saturated carbocycles. The van der Waals surface area contributed by atoms with E-state index in [1.54, 1.807) is 18.0 Å². The van der Waals surface area contributed by atoms with Gasteiger partial charge in [-0.05, 0) is 31.5 Å². The molecule has 19 heavy (non-hydrogen) atoms. The van der Waals surface area contributed by atoms with Crippen LogP contribution in [0.1, 0.15) is 27.4 Å². The summed E-state index contributed by atoms with van der Waals surface area (Å²) in [6.45, 7) is 4.22. The van der Waals surface area contributed by atoms with Crippen molar-refractivity contribution >= 4 is 21.8 Å². The van der Waals surface area contributed by atoms with Gasteiger partial charge < -0.3 is 9.32 Å². The Kier molecular flexibility index (Phi) is 4.10. The molecular formula is C15H16BrNO2. The van der Waals surface area contributed by atoms with Crippen molar-refractivity contribution in [2.75, 3.05) is 7.05 Å². The number of aryl methyl sites for hydroxylation is 2. The molecule has 0 unspecified atom stereocenters. The first-order chi connectivity index (χ1) is 8.99. The van der Waals surface area contributed by atoms with Crippen LogP contribution in [-0.2, 0) is 6.54 Å². The Morgan fingerprint density at radius 1 is 1.32 bits per heavy atom. The molecule has 100 valence electrons. The topological polar surface area (TPSA) is 33.5 Å². The van der Waals surface area contributed by atoms with E-state index in [-0.39, 0.29) is 5.91 Å². The summed E-state index contributed by atoms with van der Waals surface area (Å²) in [7, 11) is 1.80. The minimum Gasteiger partial charge on any atom is -0.466 e. The lowest BCUT2D eigenvalue weighted by Gasteiger charge is -2.17. The second-order valence-electron chi connectivity index (χ2n) is 4.58. The van der Waals surface area contributed by atoms with Gasteiger partial charge in [0, 0.05) is 18.1 Å². The van der Waals surface area contributed by atoms with Gasteiger partial charge in [0.05, 0.1) is 5.56 Å². The third-order valence-electron chi connectivity index (χ3n) is 2.98. The average Bonchev–Trinajstić information content (AvgIpc) is 2.70. The minimum atomic E-state index is -0.0231. The van der Waals surface area contributed by atoms with Gasteiger partial charge in [-0.15, -0.1) is 0 Å². The van der Waals surface area contributed by atoms with Gasteiger partial charge in [-0.2, -0.15) is 0 Å². The highest BCUT2D eigenvalue weighted by Gasteiger charge is 2.18. The first-order valence-corrected chi connectivity index (χ1v) is 6.84. The van der Waals surface area contributed by atoms with Crippen LogP contribution < -0.4 is 0 Å². The van der Waals surface area contributed by atoms with Crippen molar-refractivity contribution in [2.45, 2.75) is 20.4 Å². The molecule has 0 atom stereocenters. The van der Waals surface area contributed by atoms with Crippen LogP contribution in [0.5, 0.6) is 0 Å². The fourth-order valence-electron chi connectivity index (χ4n) is 2.00. The summed E-state index contributed by atoms with van der Waals surface area (Å²) in [6.07, 6.45) is 0. The van der Waals surface area contributed by atoms with Crippen LogP contribution in [0.3, 0.4) is 0 Å². The summed E-state index contributed by atoms with van der Waals surface area (Å²) in [4.78, 5) is 14.0. The molecule has 0 fully saturated rings. The Morgan fingerprint density at radius 3 is 2.58 bits per heavy atom. The van der Waals surface area contributed by atoms with Crippen molar-refractivity contribution in [1.29, 1.82) is 0 Å². The van der Waals surface area contributed by atoms with E-state index in [0.717, 1.165) is 15.8 Å². The fourth-order valence-corrected chi connectivity index (χ4v) is 2.41. The Labute approximate surface area is 121 Å². The van der Waals surface area contributed by atoms with Gasteiger partial charge in [0.15, 0.2) is 0 Å². The van der Waals surface area contributed by atoms with Crippen molar-refractivity contribution in [3.63, 3.8) is 0 Å². The number of hydrogen-bond donors (Lipinski definition) is 0. The third kappa shape index (κ3) is 3.07. The molecule has 0 aliphatic heterocycles. The summed E-state index contributed by atoms with van der Waals surface area (Å²) >= 11 is 3.49. The normalized spacial score (nSPS) is 10.5. The molecule has 0 aliphatic rings. The Hall–Kier alpha value is -1.55. The highest BCUT2D eigenvalue weighted by atomic mass is 79.9. The van der Waals surface area contributed by atoms with Gasteiger partial charge in [0.1, 0.15) is 11.5 Å². The molecule has 0 radical (unpaired) electrons. The number of amides is 1. The number of hydrogen-bond acceptors (Lipinski definition) is 2. The van der Waals surface area contributed by atoms with Gasteiger partial charge >= 0.3 is 0 Å². The van der Waals surface area contributed by atoms with Gasteiger partial charge in [-0.25, -0.2) is 0 Å². The number of benzene rings is 1. The van der Waals surface area contributed by atoms with Crippen molar-refractivity contribution in [3.8, 4) is 0 Å². The molecule has 0 spiro atoms. The summed E-state index contributed by atoms with van der Waals surface area (Å²) < 4.78 is 6.41. The lowest BCUT2D eigenvalue weighted by Crippen LogP contribution is -2.26.